The van der Waals surface area contributed by atoms with Crippen molar-refractivity contribution in [3.63, 3.8) is 0 Å². The van der Waals surface area contributed by atoms with Crippen LogP contribution in [0, 0.1) is 0 Å². The largest absolute Gasteiger partial charge is 0.481 e. The summed E-state index contributed by atoms with van der Waals surface area (Å²) in [4.78, 5) is 17.1. The fourth-order valence-electron chi connectivity index (χ4n) is 3.43. The fourth-order valence-corrected chi connectivity index (χ4v) is 4.64. The van der Waals surface area contributed by atoms with Gasteiger partial charge in [-0.2, -0.15) is 0 Å². The highest BCUT2D eigenvalue weighted by Gasteiger charge is 2.32. The van der Waals surface area contributed by atoms with Gasteiger partial charge in [-0.25, -0.2) is 4.98 Å². The van der Waals surface area contributed by atoms with Crippen molar-refractivity contribution in [2.75, 3.05) is 5.32 Å². The second kappa shape index (κ2) is 5.35. The Morgan fingerprint density at radius 2 is 2.10 bits per heavy atom. The summed E-state index contributed by atoms with van der Waals surface area (Å²) in [5, 5.41) is 13.8. The number of fused-ring (bicyclic) bond motifs is 1. The van der Waals surface area contributed by atoms with Gasteiger partial charge in [0.15, 0.2) is 5.13 Å². The number of anilines is 1. The van der Waals surface area contributed by atoms with Gasteiger partial charge in [-0.05, 0) is 39.0 Å². The maximum absolute atomic E-state index is 11.3. The minimum absolute atomic E-state index is 0.136. The van der Waals surface area contributed by atoms with Gasteiger partial charge in [0, 0.05) is 10.4 Å². The van der Waals surface area contributed by atoms with Crippen LogP contribution in [0.25, 0.3) is 0 Å². The first-order chi connectivity index (χ1) is 9.57. The van der Waals surface area contributed by atoms with Gasteiger partial charge in [0.2, 0.25) is 0 Å². The van der Waals surface area contributed by atoms with Crippen molar-refractivity contribution in [3.8, 4) is 0 Å². The first kappa shape index (κ1) is 13.9. The molecule has 0 aliphatic heterocycles. The van der Waals surface area contributed by atoms with Crippen molar-refractivity contribution in [1.29, 1.82) is 0 Å². The van der Waals surface area contributed by atoms with Crippen LogP contribution in [0.4, 0.5) is 5.13 Å². The molecule has 1 aromatic heterocycles. The zero-order chi connectivity index (χ0) is 14.2. The standard InChI is InChI=1S/C15H22N2O2S/c1-15(8-3-2-4-9-15)17-14-16-12-10(13(18)19)6-5-7-11(12)20-14/h10H,2-9H2,1H3,(H,16,17)(H,18,19). The van der Waals surface area contributed by atoms with Gasteiger partial charge in [0.25, 0.3) is 0 Å². The number of aromatic nitrogens is 1. The SMILES string of the molecule is CC1(Nc2nc3c(s2)CCCC3C(=O)O)CCCCC1. The molecule has 5 heteroatoms. The van der Waals surface area contributed by atoms with Crippen LogP contribution in [0.1, 0.15) is 68.4 Å². The highest BCUT2D eigenvalue weighted by Crippen LogP contribution is 2.39. The number of carbonyl (C=O) groups is 1. The van der Waals surface area contributed by atoms with Crippen LogP contribution in [-0.4, -0.2) is 21.6 Å². The summed E-state index contributed by atoms with van der Waals surface area (Å²) in [7, 11) is 0. The van der Waals surface area contributed by atoms with E-state index in [0.29, 0.717) is 0 Å². The maximum Gasteiger partial charge on any atom is 0.312 e. The van der Waals surface area contributed by atoms with Crippen molar-refractivity contribution in [3.05, 3.63) is 10.6 Å². The molecule has 20 heavy (non-hydrogen) atoms. The Kier molecular flexibility index (Phi) is 3.71. The predicted octanol–water partition coefficient (Wildman–Crippen LogP) is 3.78. The van der Waals surface area contributed by atoms with Crippen LogP contribution in [0.3, 0.4) is 0 Å². The number of hydrogen-bond donors (Lipinski definition) is 2. The molecule has 1 aromatic rings. The number of hydrogen-bond acceptors (Lipinski definition) is 4. The minimum Gasteiger partial charge on any atom is -0.481 e. The molecule has 0 amide bonds. The number of aliphatic carboxylic acids is 1. The molecule has 2 N–H and O–H groups in total. The third-order valence-electron chi connectivity index (χ3n) is 4.62. The molecule has 0 radical (unpaired) electrons. The molecular weight excluding hydrogens is 272 g/mol. The molecule has 1 unspecified atom stereocenters. The Balaban J connectivity index is 1.80. The summed E-state index contributed by atoms with van der Waals surface area (Å²) in [5.41, 5.74) is 0.952. The summed E-state index contributed by atoms with van der Waals surface area (Å²) >= 11 is 1.66. The van der Waals surface area contributed by atoms with E-state index < -0.39 is 11.9 Å². The topological polar surface area (TPSA) is 62.2 Å². The Hall–Kier alpha value is -1.10. The molecule has 1 saturated carbocycles. The zero-order valence-electron chi connectivity index (χ0n) is 11.9. The van der Waals surface area contributed by atoms with Crippen molar-refractivity contribution >= 4 is 22.4 Å². The summed E-state index contributed by atoms with van der Waals surface area (Å²) < 4.78 is 0. The van der Waals surface area contributed by atoms with Crippen LogP contribution < -0.4 is 5.32 Å². The van der Waals surface area contributed by atoms with Crippen molar-refractivity contribution in [2.24, 2.45) is 0 Å². The van der Waals surface area contributed by atoms with Gasteiger partial charge in [0.05, 0.1) is 5.69 Å². The predicted molar refractivity (Wildman–Crippen MR) is 80.5 cm³/mol. The zero-order valence-corrected chi connectivity index (χ0v) is 12.8. The van der Waals surface area contributed by atoms with Crippen LogP contribution >= 0.6 is 11.3 Å². The lowest BCUT2D eigenvalue weighted by atomic mass is 9.83. The van der Waals surface area contributed by atoms with Crippen molar-refractivity contribution in [2.45, 2.75) is 69.7 Å². The molecule has 2 aliphatic carbocycles. The average molecular weight is 294 g/mol. The third-order valence-corrected chi connectivity index (χ3v) is 5.66. The van der Waals surface area contributed by atoms with Gasteiger partial charge >= 0.3 is 5.97 Å². The first-order valence-electron chi connectivity index (χ1n) is 7.58. The highest BCUT2D eigenvalue weighted by atomic mass is 32.1. The molecule has 2 aliphatic rings. The quantitative estimate of drug-likeness (QED) is 0.890. The Morgan fingerprint density at radius 1 is 1.35 bits per heavy atom. The van der Waals surface area contributed by atoms with E-state index in [1.807, 2.05) is 0 Å². The van der Waals surface area contributed by atoms with Crippen LogP contribution in [0.2, 0.25) is 0 Å². The van der Waals surface area contributed by atoms with E-state index in [1.54, 1.807) is 11.3 Å². The number of rotatable bonds is 3. The highest BCUT2D eigenvalue weighted by molar-refractivity contribution is 7.15. The van der Waals surface area contributed by atoms with Gasteiger partial charge < -0.3 is 10.4 Å². The minimum atomic E-state index is -0.730. The van der Waals surface area contributed by atoms with E-state index in [-0.39, 0.29) is 5.54 Å². The second-order valence-corrected chi connectivity index (χ2v) is 7.44. The van der Waals surface area contributed by atoms with E-state index in [2.05, 4.69) is 17.2 Å². The number of carboxylic acid groups (broad SMARTS) is 1. The van der Waals surface area contributed by atoms with E-state index in [0.717, 1.165) is 30.1 Å². The molecule has 1 heterocycles. The van der Waals surface area contributed by atoms with Crippen molar-refractivity contribution < 1.29 is 9.90 Å². The second-order valence-electron chi connectivity index (χ2n) is 6.36. The van der Waals surface area contributed by atoms with E-state index in [1.165, 1.54) is 37.0 Å². The van der Waals surface area contributed by atoms with Gasteiger partial charge in [-0.3, -0.25) is 4.79 Å². The lowest BCUT2D eigenvalue weighted by Crippen LogP contribution is -2.36. The van der Waals surface area contributed by atoms with E-state index in [9.17, 15) is 9.90 Å². The molecule has 110 valence electrons. The molecule has 0 spiro atoms. The van der Waals surface area contributed by atoms with Crippen LogP contribution in [0.15, 0.2) is 0 Å². The fraction of sp³-hybridized carbons (Fsp3) is 0.733. The van der Waals surface area contributed by atoms with E-state index >= 15 is 0 Å². The number of nitrogens with zero attached hydrogens (tertiary/aromatic N) is 1. The number of aryl methyl sites for hydroxylation is 1. The van der Waals surface area contributed by atoms with Crippen LogP contribution in [0.5, 0.6) is 0 Å². The van der Waals surface area contributed by atoms with Crippen LogP contribution in [-0.2, 0) is 11.2 Å². The molecule has 1 fully saturated rings. The number of carboxylic acids is 1. The Bertz CT molecular complexity index is 506. The Morgan fingerprint density at radius 3 is 2.80 bits per heavy atom. The molecule has 1 atom stereocenters. The molecule has 4 nitrogen and oxygen atoms in total. The smallest absolute Gasteiger partial charge is 0.312 e. The summed E-state index contributed by atoms with van der Waals surface area (Å²) in [6.45, 7) is 2.27. The monoisotopic (exact) mass is 294 g/mol. The maximum atomic E-state index is 11.3. The van der Waals surface area contributed by atoms with E-state index in [4.69, 9.17) is 0 Å². The van der Waals surface area contributed by atoms with Gasteiger partial charge in [-0.1, -0.05) is 19.3 Å². The molecule has 0 bridgehead atoms. The van der Waals surface area contributed by atoms with Crippen molar-refractivity contribution in [1.82, 2.24) is 4.98 Å². The summed E-state index contributed by atoms with van der Waals surface area (Å²) in [6.07, 6.45) is 8.89. The molecule has 3 rings (SSSR count). The first-order valence-corrected chi connectivity index (χ1v) is 8.40. The molecular formula is C15H22N2O2S. The normalized spacial score (nSPS) is 24.9. The number of nitrogens with one attached hydrogen (secondary N) is 1. The number of thiazole rings is 1. The third kappa shape index (κ3) is 2.68. The summed E-state index contributed by atoms with van der Waals surface area (Å²) in [5.74, 6) is -1.13. The summed E-state index contributed by atoms with van der Waals surface area (Å²) in [6, 6.07) is 0. The average Bonchev–Trinajstić information content (AvgIpc) is 2.80. The molecule has 0 saturated heterocycles. The molecule has 0 aromatic carbocycles. The van der Waals surface area contributed by atoms with Gasteiger partial charge in [-0.15, -0.1) is 11.3 Å². The lowest BCUT2D eigenvalue weighted by Gasteiger charge is -2.34. The Labute approximate surface area is 123 Å². The lowest BCUT2D eigenvalue weighted by molar-refractivity contribution is -0.139. The van der Waals surface area contributed by atoms with Gasteiger partial charge in [0.1, 0.15) is 5.92 Å².